The number of hydrogen-bond donors (Lipinski definition) is 0. The Hall–Kier alpha value is -0.372. The fraction of sp³-hybridized carbons (Fsp3) is 0.929. The molecule has 0 saturated carbocycles. The van der Waals surface area contributed by atoms with E-state index in [4.69, 9.17) is 0 Å². The average Bonchev–Trinajstić information content (AvgIpc) is 2.76. The van der Waals surface area contributed by atoms with Gasteiger partial charge in [-0.1, -0.05) is 142 Å². The number of carbonyl (C=O) groups excluding carboxylic acids is 2. The largest absolute Gasteiger partial charge is 2.00 e. The fourth-order valence-electron chi connectivity index (χ4n) is 3.87. The molecule has 0 aromatic carbocycles. The third-order valence-corrected chi connectivity index (χ3v) is 5.97. The number of hydrogen-bond acceptors (Lipinski definition) is 4. The second-order valence-electron chi connectivity index (χ2n) is 9.32. The molecular formula is C28H54O4Pt. The van der Waals surface area contributed by atoms with Gasteiger partial charge in [-0.2, -0.15) is 0 Å². The maximum absolute atomic E-state index is 10.1. The summed E-state index contributed by atoms with van der Waals surface area (Å²) in [5, 5.41) is 20.3. The van der Waals surface area contributed by atoms with Gasteiger partial charge in [-0.25, -0.2) is 0 Å². The molecule has 0 spiro atoms. The van der Waals surface area contributed by atoms with Crippen LogP contribution in [-0.2, 0) is 30.7 Å². The Morgan fingerprint density at radius 3 is 0.758 bits per heavy atom. The van der Waals surface area contributed by atoms with Gasteiger partial charge in [-0.15, -0.1) is 0 Å². The molecule has 0 bridgehead atoms. The normalized spacial score (nSPS) is 10.2. The zero-order valence-corrected chi connectivity index (χ0v) is 24.2. The second-order valence-corrected chi connectivity index (χ2v) is 9.32. The number of carboxylic acid groups (broad SMARTS) is 2. The Balaban J connectivity index is -0.000000529. The van der Waals surface area contributed by atoms with Gasteiger partial charge in [0.1, 0.15) is 0 Å². The number of carboxylic acids is 2. The van der Waals surface area contributed by atoms with Crippen LogP contribution in [0.2, 0.25) is 0 Å². The Kier molecular flexibility index (Phi) is 38.1. The zero-order chi connectivity index (χ0) is 24.1. The van der Waals surface area contributed by atoms with E-state index in [1.54, 1.807) is 0 Å². The van der Waals surface area contributed by atoms with Crippen LogP contribution < -0.4 is 10.2 Å². The standard InChI is InChI=1S/2C14H28O2.Pt/c2*1-2-3-4-5-6-7-8-9-10-11-12-13-14(15)16;/h2*2-13H2,1H3,(H,15,16);/q;;+2/p-2. The van der Waals surface area contributed by atoms with Crippen molar-refractivity contribution in [1.29, 1.82) is 0 Å². The molecule has 0 aliphatic heterocycles. The molecule has 5 heteroatoms. The van der Waals surface area contributed by atoms with Crippen LogP contribution >= 0.6 is 0 Å². The van der Waals surface area contributed by atoms with Gasteiger partial charge in [-0.05, 0) is 25.7 Å². The van der Waals surface area contributed by atoms with Crippen LogP contribution in [0.1, 0.15) is 168 Å². The molecule has 0 aromatic rings. The summed E-state index contributed by atoms with van der Waals surface area (Å²) < 4.78 is 0. The van der Waals surface area contributed by atoms with Crippen molar-refractivity contribution >= 4 is 11.9 Å². The van der Waals surface area contributed by atoms with Crippen molar-refractivity contribution < 1.29 is 40.9 Å². The van der Waals surface area contributed by atoms with Crippen LogP contribution in [0.5, 0.6) is 0 Å². The van der Waals surface area contributed by atoms with E-state index < -0.39 is 11.9 Å². The van der Waals surface area contributed by atoms with E-state index in [2.05, 4.69) is 13.8 Å². The molecule has 200 valence electrons. The van der Waals surface area contributed by atoms with Crippen molar-refractivity contribution in [2.24, 2.45) is 0 Å². The van der Waals surface area contributed by atoms with Gasteiger partial charge >= 0.3 is 21.1 Å². The minimum Gasteiger partial charge on any atom is -0.550 e. The quantitative estimate of drug-likeness (QED) is 0.107. The predicted octanol–water partition coefficient (Wildman–Crippen LogP) is 6.87. The average molecular weight is 650 g/mol. The number of unbranched alkanes of at least 4 members (excludes halogenated alkanes) is 20. The first-order valence-electron chi connectivity index (χ1n) is 13.9. The summed E-state index contributed by atoms with van der Waals surface area (Å²) in [4.78, 5) is 20.3. The first kappa shape index (κ1) is 37.2. The summed E-state index contributed by atoms with van der Waals surface area (Å²) in [5.41, 5.74) is 0. The monoisotopic (exact) mass is 649 g/mol. The van der Waals surface area contributed by atoms with Crippen LogP contribution in [0.15, 0.2) is 0 Å². The molecule has 0 saturated heterocycles. The molecule has 0 heterocycles. The Morgan fingerprint density at radius 1 is 0.394 bits per heavy atom. The number of aliphatic carboxylic acids is 2. The summed E-state index contributed by atoms with van der Waals surface area (Å²) >= 11 is 0. The first-order valence-corrected chi connectivity index (χ1v) is 13.9. The fourth-order valence-corrected chi connectivity index (χ4v) is 3.87. The van der Waals surface area contributed by atoms with E-state index in [0.717, 1.165) is 25.7 Å². The molecule has 4 nitrogen and oxygen atoms in total. The molecule has 33 heavy (non-hydrogen) atoms. The molecular weight excluding hydrogens is 595 g/mol. The van der Waals surface area contributed by atoms with Crippen LogP contribution in [0.25, 0.3) is 0 Å². The number of carbonyl (C=O) groups is 2. The minimum absolute atomic E-state index is 0. The van der Waals surface area contributed by atoms with Gasteiger partial charge in [0.05, 0.1) is 0 Å². The van der Waals surface area contributed by atoms with Crippen LogP contribution in [0.3, 0.4) is 0 Å². The van der Waals surface area contributed by atoms with Crippen molar-refractivity contribution in [1.82, 2.24) is 0 Å². The van der Waals surface area contributed by atoms with E-state index >= 15 is 0 Å². The van der Waals surface area contributed by atoms with E-state index in [9.17, 15) is 19.8 Å². The van der Waals surface area contributed by atoms with E-state index in [1.807, 2.05) is 0 Å². The van der Waals surface area contributed by atoms with Gasteiger partial charge < -0.3 is 19.8 Å². The third-order valence-electron chi connectivity index (χ3n) is 5.97. The smallest absolute Gasteiger partial charge is 0.550 e. The van der Waals surface area contributed by atoms with Crippen LogP contribution in [0.4, 0.5) is 0 Å². The summed E-state index contributed by atoms with van der Waals surface area (Å²) in [6.45, 7) is 4.49. The molecule has 0 aliphatic rings. The van der Waals surface area contributed by atoms with Crippen molar-refractivity contribution in [2.45, 2.75) is 168 Å². The zero-order valence-electron chi connectivity index (χ0n) is 21.9. The van der Waals surface area contributed by atoms with Gasteiger partial charge in [-0.3, -0.25) is 0 Å². The predicted molar refractivity (Wildman–Crippen MR) is 132 cm³/mol. The maximum atomic E-state index is 10.1. The van der Waals surface area contributed by atoms with Crippen LogP contribution in [0, 0.1) is 0 Å². The molecule has 0 aromatic heterocycles. The van der Waals surface area contributed by atoms with Gasteiger partial charge in [0.25, 0.3) is 0 Å². The third kappa shape index (κ3) is 42.3. The van der Waals surface area contributed by atoms with Gasteiger partial charge in [0, 0.05) is 11.9 Å². The summed E-state index contributed by atoms with van der Waals surface area (Å²) in [6, 6.07) is 0. The molecule has 0 radical (unpaired) electrons. The minimum atomic E-state index is -0.907. The van der Waals surface area contributed by atoms with E-state index in [-0.39, 0.29) is 33.9 Å². The topological polar surface area (TPSA) is 80.3 Å². The van der Waals surface area contributed by atoms with E-state index in [1.165, 1.54) is 116 Å². The molecule has 0 N–H and O–H groups in total. The van der Waals surface area contributed by atoms with E-state index in [0.29, 0.717) is 0 Å². The summed E-state index contributed by atoms with van der Waals surface area (Å²) in [5.74, 6) is -1.81. The van der Waals surface area contributed by atoms with Gasteiger partial charge in [0.15, 0.2) is 0 Å². The number of rotatable bonds is 24. The van der Waals surface area contributed by atoms with Gasteiger partial charge in [0.2, 0.25) is 0 Å². The SMILES string of the molecule is CCCCCCCCCCCCCC(=O)[O-].CCCCCCCCCCCCCC(=O)[O-].[Pt+2]. The first-order chi connectivity index (χ1) is 15.5. The molecule has 0 amide bonds. The Bertz CT molecular complexity index is 352. The summed E-state index contributed by atoms with van der Waals surface area (Å²) in [6.07, 6.45) is 28.1. The molecule has 0 aliphatic carbocycles. The van der Waals surface area contributed by atoms with Crippen molar-refractivity contribution in [2.75, 3.05) is 0 Å². The molecule has 0 unspecified atom stereocenters. The van der Waals surface area contributed by atoms with Crippen molar-refractivity contribution in [3.05, 3.63) is 0 Å². The maximum Gasteiger partial charge on any atom is 2.00 e. The summed E-state index contributed by atoms with van der Waals surface area (Å²) in [7, 11) is 0. The molecule has 0 fully saturated rings. The molecule has 0 rings (SSSR count). The second kappa shape index (κ2) is 33.8. The Labute approximate surface area is 220 Å². The Morgan fingerprint density at radius 2 is 0.576 bits per heavy atom. The van der Waals surface area contributed by atoms with Crippen LogP contribution in [-0.4, -0.2) is 11.9 Å². The van der Waals surface area contributed by atoms with Crippen molar-refractivity contribution in [3.8, 4) is 0 Å². The van der Waals surface area contributed by atoms with Crippen molar-refractivity contribution in [3.63, 3.8) is 0 Å². The molecule has 0 atom stereocenters.